The van der Waals surface area contributed by atoms with E-state index in [1.165, 1.54) is 114 Å². The zero-order chi connectivity index (χ0) is 33.9. The summed E-state index contributed by atoms with van der Waals surface area (Å²) in [5.74, 6) is 0. The van der Waals surface area contributed by atoms with E-state index in [1.54, 1.807) is 0 Å². The van der Waals surface area contributed by atoms with Crippen LogP contribution in [0.15, 0.2) is 158 Å². The molecule has 52 heavy (non-hydrogen) atoms. The maximum absolute atomic E-state index is 2.45. The lowest BCUT2D eigenvalue weighted by molar-refractivity contribution is 1.66. The lowest BCUT2D eigenvalue weighted by Crippen LogP contribution is -1.78. The normalized spacial score (nSPS) is 12.2. The second kappa shape index (κ2) is 11.1. The molecule has 0 amide bonds. The molecule has 4 heterocycles. The maximum atomic E-state index is 2.45. The van der Waals surface area contributed by atoms with Crippen molar-refractivity contribution in [2.45, 2.75) is 0 Å². The summed E-state index contributed by atoms with van der Waals surface area (Å²) in [6.07, 6.45) is 0. The van der Waals surface area contributed by atoms with Crippen LogP contribution in [0.5, 0.6) is 0 Å². The molecule has 0 unspecified atom stereocenters. The molecular weight excluding hydrogens is 705 g/mol. The average molecular weight is 731 g/mol. The van der Waals surface area contributed by atoms with Crippen molar-refractivity contribution in [3.63, 3.8) is 0 Å². The lowest BCUT2D eigenvalue weighted by atomic mass is 9.99. The van der Waals surface area contributed by atoms with Gasteiger partial charge in [0, 0.05) is 80.7 Å². The van der Waals surface area contributed by atoms with Gasteiger partial charge >= 0.3 is 0 Å². The molecule has 0 fully saturated rings. The van der Waals surface area contributed by atoms with Gasteiger partial charge in [0.25, 0.3) is 0 Å². The Morgan fingerprint density at radius 1 is 0.192 bits per heavy atom. The van der Waals surface area contributed by atoms with Crippen LogP contribution in [0, 0.1) is 0 Å². The number of rotatable bonds is 3. The summed E-state index contributed by atoms with van der Waals surface area (Å²) in [6.45, 7) is 0. The van der Waals surface area contributed by atoms with Gasteiger partial charge in [0.2, 0.25) is 0 Å². The monoisotopic (exact) mass is 730 g/mol. The fourth-order valence-corrected chi connectivity index (χ4v) is 12.7. The first-order valence-electron chi connectivity index (χ1n) is 17.5. The van der Waals surface area contributed by atoms with Crippen molar-refractivity contribution in [3.8, 4) is 33.4 Å². The van der Waals surface area contributed by atoms with Crippen LogP contribution in [0.2, 0.25) is 0 Å². The van der Waals surface area contributed by atoms with Crippen LogP contribution in [0.25, 0.3) is 114 Å². The van der Waals surface area contributed by atoms with Gasteiger partial charge in [-0.3, -0.25) is 0 Å². The SMILES string of the molecule is c1ccc(-c2ccc3sc4cc5sc6ccc(-c7ccc8sc9cc%10sc%11ccc(-c%12ccccc%12)cc%11c%10cc9c8c7)cc6c5cc4c3c2)cc1. The summed E-state index contributed by atoms with van der Waals surface area (Å²) in [6, 6.07) is 59.2. The molecular formula is C48H26S4. The van der Waals surface area contributed by atoms with E-state index < -0.39 is 0 Å². The van der Waals surface area contributed by atoms with E-state index in [1.807, 2.05) is 45.3 Å². The molecule has 12 aromatic rings. The maximum Gasteiger partial charge on any atom is 0.0369 e. The van der Waals surface area contributed by atoms with Gasteiger partial charge in [-0.15, -0.1) is 45.3 Å². The second-order valence-corrected chi connectivity index (χ2v) is 18.0. The molecule has 0 bridgehead atoms. The van der Waals surface area contributed by atoms with Crippen LogP contribution in [0.1, 0.15) is 0 Å². The smallest absolute Gasteiger partial charge is 0.0369 e. The van der Waals surface area contributed by atoms with Crippen LogP contribution in [-0.4, -0.2) is 0 Å². The zero-order valence-corrected chi connectivity index (χ0v) is 30.9. The van der Waals surface area contributed by atoms with Crippen molar-refractivity contribution in [1.82, 2.24) is 0 Å². The molecule has 0 aliphatic rings. The highest BCUT2D eigenvalue weighted by atomic mass is 32.1. The third kappa shape index (κ3) is 4.42. The van der Waals surface area contributed by atoms with Gasteiger partial charge < -0.3 is 0 Å². The first kappa shape index (κ1) is 29.2. The highest BCUT2D eigenvalue weighted by Crippen LogP contribution is 2.46. The first-order valence-corrected chi connectivity index (χ1v) is 20.7. The van der Waals surface area contributed by atoms with Crippen molar-refractivity contribution in [1.29, 1.82) is 0 Å². The van der Waals surface area contributed by atoms with E-state index in [9.17, 15) is 0 Å². The molecule has 0 spiro atoms. The van der Waals surface area contributed by atoms with E-state index in [0.717, 1.165) is 0 Å². The third-order valence-corrected chi connectivity index (χ3v) is 15.2. The molecule has 242 valence electrons. The Balaban J connectivity index is 0.999. The Morgan fingerprint density at radius 3 is 0.769 bits per heavy atom. The van der Waals surface area contributed by atoms with Crippen LogP contribution in [0.3, 0.4) is 0 Å². The molecule has 0 saturated heterocycles. The molecule has 0 nitrogen and oxygen atoms in total. The predicted molar refractivity (Wildman–Crippen MR) is 234 cm³/mol. The molecule has 0 saturated carbocycles. The van der Waals surface area contributed by atoms with Crippen molar-refractivity contribution >= 4 is 126 Å². The van der Waals surface area contributed by atoms with Crippen molar-refractivity contribution < 1.29 is 0 Å². The van der Waals surface area contributed by atoms with Crippen LogP contribution in [-0.2, 0) is 0 Å². The number of benzene rings is 8. The van der Waals surface area contributed by atoms with Crippen LogP contribution < -0.4 is 0 Å². The zero-order valence-electron chi connectivity index (χ0n) is 27.6. The van der Waals surface area contributed by atoms with Gasteiger partial charge in [-0.2, -0.15) is 0 Å². The topological polar surface area (TPSA) is 0 Å². The van der Waals surface area contributed by atoms with Gasteiger partial charge in [-0.25, -0.2) is 0 Å². The van der Waals surface area contributed by atoms with Gasteiger partial charge in [0.05, 0.1) is 0 Å². The number of thiophene rings is 4. The minimum atomic E-state index is 1.26. The van der Waals surface area contributed by atoms with Gasteiger partial charge in [0.1, 0.15) is 0 Å². The number of fused-ring (bicyclic) bond motifs is 12. The van der Waals surface area contributed by atoms with E-state index in [4.69, 9.17) is 0 Å². The summed E-state index contributed by atoms with van der Waals surface area (Å²) in [4.78, 5) is 0. The van der Waals surface area contributed by atoms with E-state index in [2.05, 4.69) is 158 Å². The molecule has 12 rings (SSSR count). The summed E-state index contributed by atoms with van der Waals surface area (Å²) in [5.41, 5.74) is 7.60. The van der Waals surface area contributed by atoms with Crippen LogP contribution in [0.4, 0.5) is 0 Å². The minimum absolute atomic E-state index is 1.26. The minimum Gasteiger partial charge on any atom is -0.135 e. The molecule has 0 N–H and O–H groups in total. The van der Waals surface area contributed by atoms with Crippen molar-refractivity contribution in [2.24, 2.45) is 0 Å². The molecule has 0 aliphatic heterocycles. The Morgan fingerprint density at radius 2 is 0.462 bits per heavy atom. The number of hydrogen-bond donors (Lipinski definition) is 0. The third-order valence-electron chi connectivity index (χ3n) is 10.7. The first-order chi connectivity index (χ1) is 25.7. The summed E-state index contributed by atoms with van der Waals surface area (Å²) in [5, 5.41) is 10.8. The molecule has 0 radical (unpaired) electrons. The van der Waals surface area contributed by atoms with Gasteiger partial charge in [-0.05, 0) is 106 Å². The average Bonchev–Trinajstić information content (AvgIpc) is 3.95. The Bertz CT molecular complexity index is 3160. The van der Waals surface area contributed by atoms with E-state index in [0.29, 0.717) is 0 Å². The fourth-order valence-electron chi connectivity index (χ4n) is 8.07. The van der Waals surface area contributed by atoms with E-state index >= 15 is 0 Å². The van der Waals surface area contributed by atoms with E-state index in [-0.39, 0.29) is 0 Å². The Kier molecular flexibility index (Phi) is 6.23. The Hall–Kier alpha value is -5.36. The lowest BCUT2D eigenvalue weighted by Gasteiger charge is -2.04. The molecule has 4 heteroatoms. The summed E-state index contributed by atoms with van der Waals surface area (Å²) in [7, 11) is 0. The predicted octanol–water partition coefficient (Wildman–Crippen LogP) is 16.2. The molecule has 0 aliphatic carbocycles. The van der Waals surface area contributed by atoms with Gasteiger partial charge in [0.15, 0.2) is 0 Å². The number of hydrogen-bond acceptors (Lipinski definition) is 4. The van der Waals surface area contributed by atoms with Gasteiger partial charge in [-0.1, -0.05) is 84.9 Å². The summed E-state index contributed by atoms with van der Waals surface area (Å²) >= 11 is 7.62. The van der Waals surface area contributed by atoms with Crippen molar-refractivity contribution in [3.05, 3.63) is 158 Å². The second-order valence-electron chi connectivity index (χ2n) is 13.7. The summed E-state index contributed by atoms with van der Waals surface area (Å²) < 4.78 is 10.8. The molecule has 0 atom stereocenters. The fraction of sp³-hybridized carbons (Fsp3) is 0. The molecule has 8 aromatic carbocycles. The largest absolute Gasteiger partial charge is 0.135 e. The quantitative estimate of drug-likeness (QED) is 0.170. The Labute approximate surface area is 315 Å². The standard InChI is InChI=1S/C48H26S4/c1-3-7-27(8-4-1)29-11-15-41-33(19-29)37-23-39-35-21-31(13-17-43(35)51-47(39)25-45(37)49-41)32-14-18-44-36(22-32)40-24-38-34-20-30(28-9-5-2-6-10-28)12-16-42(34)50-46(38)26-48(40)52-44/h1-26H. The highest BCUT2D eigenvalue weighted by Gasteiger charge is 2.15. The molecule has 4 aromatic heterocycles. The highest BCUT2D eigenvalue weighted by molar-refractivity contribution is 7.28. The van der Waals surface area contributed by atoms with Crippen molar-refractivity contribution in [2.75, 3.05) is 0 Å². The van der Waals surface area contributed by atoms with Crippen LogP contribution >= 0.6 is 45.3 Å².